The highest BCUT2D eigenvalue weighted by Crippen LogP contribution is 2.15. The van der Waals surface area contributed by atoms with Crippen molar-refractivity contribution in [3.63, 3.8) is 0 Å². The number of imide groups is 1. The van der Waals surface area contributed by atoms with Crippen LogP contribution in [0, 0.1) is 6.92 Å². The second-order valence-electron chi connectivity index (χ2n) is 4.71. The Kier molecular flexibility index (Phi) is 3.99. The number of aromatic nitrogens is 2. The summed E-state index contributed by atoms with van der Waals surface area (Å²) in [5.41, 5.74) is 10.6. The van der Waals surface area contributed by atoms with E-state index in [9.17, 15) is 19.2 Å². The Morgan fingerprint density at radius 2 is 1.83 bits per heavy atom. The zero-order valence-corrected chi connectivity index (χ0v) is 12.4. The molecule has 0 aliphatic carbocycles. The smallest absolute Gasteiger partial charge is 0.342 e. The molecule has 10 heteroatoms. The molecule has 10 nitrogen and oxygen atoms in total. The van der Waals surface area contributed by atoms with Gasteiger partial charge in [-0.25, -0.2) is 9.59 Å². The molecule has 0 saturated carbocycles. The maximum Gasteiger partial charge on any atom is 0.342 e. The van der Waals surface area contributed by atoms with E-state index in [0.717, 1.165) is 0 Å². The molecule has 0 bridgehead atoms. The lowest BCUT2D eigenvalue weighted by atomic mass is 10.1. The third kappa shape index (κ3) is 2.81. The van der Waals surface area contributed by atoms with E-state index in [1.807, 2.05) is 0 Å². The summed E-state index contributed by atoms with van der Waals surface area (Å²) in [4.78, 5) is 45.9. The first-order valence-electron chi connectivity index (χ1n) is 6.43. The van der Waals surface area contributed by atoms with E-state index in [1.54, 1.807) is 13.8 Å². The van der Waals surface area contributed by atoms with Crippen LogP contribution in [-0.2, 0) is 4.79 Å². The fourth-order valence-corrected chi connectivity index (χ4v) is 2.01. The predicted octanol–water partition coefficient (Wildman–Crippen LogP) is -0.352. The standard InChI is InChI=1S/C13H14N6O4/c1-6-8(10(20)18(16-6)12(14)22)4-3-5-9-7(2)17-19(11(9)21)13(15)23/h3-5,16H,1-2H3,(H2,14,22)(H2,15,23). The van der Waals surface area contributed by atoms with Gasteiger partial charge in [0.05, 0.1) is 16.8 Å². The topological polar surface area (TPSA) is 157 Å². The van der Waals surface area contributed by atoms with Crippen LogP contribution in [-0.4, -0.2) is 38.5 Å². The van der Waals surface area contributed by atoms with Gasteiger partial charge in [-0.2, -0.15) is 9.78 Å². The summed E-state index contributed by atoms with van der Waals surface area (Å²) in [7, 11) is 0. The van der Waals surface area contributed by atoms with Gasteiger partial charge in [0.25, 0.3) is 11.5 Å². The van der Waals surface area contributed by atoms with Crippen molar-refractivity contribution < 1.29 is 14.4 Å². The molecule has 2 heterocycles. The van der Waals surface area contributed by atoms with Crippen molar-refractivity contribution in [2.45, 2.75) is 13.8 Å². The number of hydrogen-bond acceptors (Lipinski definition) is 5. The summed E-state index contributed by atoms with van der Waals surface area (Å²) in [5, 5.41) is 6.81. The lowest BCUT2D eigenvalue weighted by molar-refractivity contribution is -0.122. The number of nitrogens with one attached hydrogen (secondary N) is 1. The number of H-pyrrole nitrogens is 1. The Bertz CT molecular complexity index is 854. The van der Waals surface area contributed by atoms with Crippen molar-refractivity contribution in [3.8, 4) is 0 Å². The SMILES string of the molecule is CC1=NN(C(N)=O)C(=O)C1=CC=Cc1c(C)[nH]n(C(N)=O)c1=O. The van der Waals surface area contributed by atoms with Crippen LogP contribution in [0.5, 0.6) is 0 Å². The Hall–Kier alpha value is -3.43. The predicted molar refractivity (Wildman–Crippen MR) is 81.4 cm³/mol. The Balaban J connectivity index is 2.31. The van der Waals surface area contributed by atoms with Gasteiger partial charge in [-0.3, -0.25) is 14.7 Å². The van der Waals surface area contributed by atoms with E-state index in [-0.39, 0.29) is 11.1 Å². The molecule has 0 radical (unpaired) electrons. The summed E-state index contributed by atoms with van der Waals surface area (Å²) in [6, 6.07) is -1.91. The maximum absolute atomic E-state index is 11.9. The van der Waals surface area contributed by atoms with Crippen molar-refractivity contribution >= 4 is 29.8 Å². The molecule has 5 N–H and O–H groups in total. The Morgan fingerprint density at radius 3 is 2.30 bits per heavy atom. The Morgan fingerprint density at radius 1 is 1.17 bits per heavy atom. The van der Waals surface area contributed by atoms with Crippen LogP contribution < -0.4 is 17.0 Å². The van der Waals surface area contributed by atoms with E-state index in [1.165, 1.54) is 18.2 Å². The van der Waals surface area contributed by atoms with Gasteiger partial charge in [0.15, 0.2) is 0 Å². The van der Waals surface area contributed by atoms with Gasteiger partial charge in [-0.05, 0) is 26.0 Å². The molecule has 0 saturated heterocycles. The van der Waals surface area contributed by atoms with E-state index < -0.39 is 23.5 Å². The number of hydrogen-bond donors (Lipinski definition) is 3. The summed E-state index contributed by atoms with van der Waals surface area (Å²) in [6.45, 7) is 3.14. The molecular weight excluding hydrogens is 304 g/mol. The number of allylic oxidation sites excluding steroid dienone is 2. The van der Waals surface area contributed by atoms with Crippen molar-refractivity contribution in [2.75, 3.05) is 0 Å². The average molecular weight is 318 g/mol. The summed E-state index contributed by atoms with van der Waals surface area (Å²) in [6.07, 6.45) is 4.23. The lowest BCUT2D eigenvalue weighted by Crippen LogP contribution is -2.33. The minimum atomic E-state index is -0.979. The zero-order valence-electron chi connectivity index (χ0n) is 12.4. The maximum atomic E-state index is 11.9. The van der Waals surface area contributed by atoms with Gasteiger partial charge >= 0.3 is 12.1 Å². The normalized spacial score (nSPS) is 16.4. The molecule has 0 atom stereocenters. The van der Waals surface area contributed by atoms with Gasteiger partial charge in [-0.15, -0.1) is 5.01 Å². The number of amides is 4. The number of primary amides is 2. The fraction of sp³-hybridized carbons (Fsp3) is 0.154. The molecule has 1 aromatic heterocycles. The van der Waals surface area contributed by atoms with E-state index >= 15 is 0 Å². The molecule has 0 aromatic carbocycles. The third-order valence-electron chi connectivity index (χ3n) is 3.13. The number of urea groups is 1. The van der Waals surface area contributed by atoms with Crippen LogP contribution in [0.1, 0.15) is 18.2 Å². The van der Waals surface area contributed by atoms with Crippen LogP contribution in [0.2, 0.25) is 0 Å². The molecular formula is C13H14N6O4. The van der Waals surface area contributed by atoms with Gasteiger partial charge in [0, 0.05) is 5.69 Å². The van der Waals surface area contributed by atoms with Crippen LogP contribution >= 0.6 is 0 Å². The largest absolute Gasteiger partial charge is 0.350 e. The number of rotatable bonds is 2. The number of aryl methyl sites for hydroxylation is 1. The lowest BCUT2D eigenvalue weighted by Gasteiger charge is -2.03. The molecule has 0 spiro atoms. The molecule has 0 unspecified atom stereocenters. The molecule has 120 valence electrons. The highest BCUT2D eigenvalue weighted by Gasteiger charge is 2.30. The first kappa shape index (κ1) is 15.9. The second-order valence-corrected chi connectivity index (χ2v) is 4.71. The summed E-state index contributed by atoms with van der Waals surface area (Å²) < 4.78 is 0.671. The van der Waals surface area contributed by atoms with E-state index in [4.69, 9.17) is 11.5 Å². The molecule has 0 fully saturated rings. The van der Waals surface area contributed by atoms with Crippen molar-refractivity contribution in [3.05, 3.63) is 39.3 Å². The van der Waals surface area contributed by atoms with Gasteiger partial charge in [-0.1, -0.05) is 6.08 Å². The minimum absolute atomic E-state index is 0.170. The average Bonchev–Trinajstić information content (AvgIpc) is 2.90. The highest BCUT2D eigenvalue weighted by atomic mass is 16.2. The van der Waals surface area contributed by atoms with Crippen LogP contribution in [0.25, 0.3) is 6.08 Å². The number of nitrogens with zero attached hydrogens (tertiary/aromatic N) is 3. The van der Waals surface area contributed by atoms with Crippen LogP contribution in [0.4, 0.5) is 9.59 Å². The van der Waals surface area contributed by atoms with Crippen molar-refractivity contribution in [1.82, 2.24) is 14.8 Å². The number of carbonyl (C=O) groups excluding carboxylic acids is 3. The van der Waals surface area contributed by atoms with Gasteiger partial charge < -0.3 is 11.5 Å². The third-order valence-corrected chi connectivity index (χ3v) is 3.13. The number of aromatic amines is 1. The number of nitrogens with two attached hydrogens (primary N) is 2. The molecule has 23 heavy (non-hydrogen) atoms. The first-order valence-corrected chi connectivity index (χ1v) is 6.43. The van der Waals surface area contributed by atoms with Crippen LogP contribution in [0.15, 0.2) is 27.6 Å². The van der Waals surface area contributed by atoms with Crippen molar-refractivity contribution in [2.24, 2.45) is 16.6 Å². The molecule has 1 aliphatic heterocycles. The number of hydrazone groups is 1. The number of carbonyl (C=O) groups is 3. The summed E-state index contributed by atoms with van der Waals surface area (Å²) >= 11 is 0. The van der Waals surface area contributed by atoms with E-state index in [2.05, 4.69) is 10.2 Å². The molecule has 2 rings (SSSR count). The van der Waals surface area contributed by atoms with E-state index in [0.29, 0.717) is 21.1 Å². The van der Waals surface area contributed by atoms with Gasteiger partial charge in [0.2, 0.25) is 0 Å². The quantitative estimate of drug-likeness (QED) is 0.637. The molecule has 4 amide bonds. The second kappa shape index (κ2) is 5.75. The monoisotopic (exact) mass is 318 g/mol. The molecule has 1 aromatic rings. The summed E-state index contributed by atoms with van der Waals surface area (Å²) in [5.74, 6) is -0.653. The Labute approximate surface area is 129 Å². The molecule has 1 aliphatic rings. The van der Waals surface area contributed by atoms with Gasteiger partial charge in [0.1, 0.15) is 0 Å². The zero-order chi connectivity index (χ0) is 17.3. The fourth-order valence-electron chi connectivity index (χ4n) is 2.01. The van der Waals surface area contributed by atoms with Crippen LogP contribution in [0.3, 0.4) is 0 Å². The highest BCUT2D eigenvalue weighted by molar-refractivity contribution is 6.27. The van der Waals surface area contributed by atoms with Crippen molar-refractivity contribution in [1.29, 1.82) is 0 Å². The first-order chi connectivity index (χ1) is 10.7. The minimum Gasteiger partial charge on any atom is -0.350 e.